The summed E-state index contributed by atoms with van der Waals surface area (Å²) >= 11 is 7.58. The number of hydrogen-bond acceptors (Lipinski definition) is 3. The van der Waals surface area contributed by atoms with E-state index in [4.69, 9.17) is 17.3 Å². The first-order valence-corrected chi connectivity index (χ1v) is 7.49. The predicted octanol–water partition coefficient (Wildman–Crippen LogP) is 3.30. The fraction of sp³-hybridized carbons (Fsp3) is 0.214. The van der Waals surface area contributed by atoms with E-state index in [-0.39, 0.29) is 11.9 Å². The number of nitrogens with zero attached hydrogens (tertiary/aromatic N) is 2. The molecule has 1 unspecified atom stereocenters. The maximum absolute atomic E-state index is 13.7. The molecule has 6 heteroatoms. The molecule has 2 N–H and O–H groups in total. The molecule has 0 aliphatic rings. The average Bonchev–Trinajstić information content (AvgIpc) is 2.94. The summed E-state index contributed by atoms with van der Waals surface area (Å²) in [4.78, 5) is 5.41. The summed E-state index contributed by atoms with van der Waals surface area (Å²) < 4.78 is 15.7. The molecule has 0 aliphatic heterocycles. The van der Waals surface area contributed by atoms with E-state index in [0.29, 0.717) is 23.4 Å². The lowest BCUT2D eigenvalue weighted by molar-refractivity contribution is 0.582. The van der Waals surface area contributed by atoms with Crippen LogP contribution in [0.1, 0.15) is 11.3 Å². The van der Waals surface area contributed by atoms with Crippen molar-refractivity contribution in [3.8, 4) is 0 Å². The third-order valence-electron chi connectivity index (χ3n) is 3.14. The van der Waals surface area contributed by atoms with Gasteiger partial charge in [0.15, 0.2) is 4.96 Å². The number of nitrogens with two attached hydrogens (primary N) is 1. The average molecular weight is 310 g/mol. The first kappa shape index (κ1) is 13.5. The first-order chi connectivity index (χ1) is 9.63. The molecule has 0 spiro atoms. The molecule has 0 aliphatic carbocycles. The molecule has 0 saturated carbocycles. The summed E-state index contributed by atoms with van der Waals surface area (Å²) in [5.41, 5.74) is 7.48. The summed E-state index contributed by atoms with van der Waals surface area (Å²) in [6.45, 7) is 0. The number of imidazole rings is 1. The van der Waals surface area contributed by atoms with Gasteiger partial charge in [0.25, 0.3) is 0 Å². The zero-order valence-electron chi connectivity index (χ0n) is 10.6. The molecule has 2 aromatic heterocycles. The standard InChI is InChI=1S/C14H13ClFN3S/c15-12-2-1-3-13(16)11(12)7-9(17)6-10-8-19-4-5-20-14(19)18-10/h1-5,8-9H,6-7,17H2. The molecule has 1 aromatic carbocycles. The van der Waals surface area contributed by atoms with Crippen molar-refractivity contribution < 1.29 is 4.39 Å². The Morgan fingerprint density at radius 1 is 1.40 bits per heavy atom. The smallest absolute Gasteiger partial charge is 0.193 e. The number of aromatic nitrogens is 2. The molecule has 104 valence electrons. The van der Waals surface area contributed by atoms with Gasteiger partial charge in [0.05, 0.1) is 5.69 Å². The third kappa shape index (κ3) is 2.70. The van der Waals surface area contributed by atoms with Crippen LogP contribution in [0, 0.1) is 5.82 Å². The van der Waals surface area contributed by atoms with E-state index >= 15 is 0 Å². The van der Waals surface area contributed by atoms with E-state index in [1.54, 1.807) is 23.5 Å². The Hall–Kier alpha value is -1.43. The lowest BCUT2D eigenvalue weighted by Crippen LogP contribution is -2.26. The molecule has 0 fully saturated rings. The lowest BCUT2D eigenvalue weighted by Gasteiger charge is -2.12. The monoisotopic (exact) mass is 309 g/mol. The van der Waals surface area contributed by atoms with Crippen LogP contribution >= 0.6 is 22.9 Å². The summed E-state index contributed by atoms with van der Waals surface area (Å²) in [5.74, 6) is -0.307. The van der Waals surface area contributed by atoms with Crippen LogP contribution in [0.4, 0.5) is 4.39 Å². The molecule has 3 aromatic rings. The maximum Gasteiger partial charge on any atom is 0.193 e. The molecule has 0 saturated heterocycles. The number of fused-ring (bicyclic) bond motifs is 1. The van der Waals surface area contributed by atoms with Gasteiger partial charge in [-0.1, -0.05) is 17.7 Å². The minimum atomic E-state index is -0.307. The highest BCUT2D eigenvalue weighted by Crippen LogP contribution is 2.21. The van der Waals surface area contributed by atoms with Crippen molar-refractivity contribution in [1.82, 2.24) is 9.38 Å². The number of halogens is 2. The van der Waals surface area contributed by atoms with Gasteiger partial charge in [-0.05, 0) is 18.6 Å². The molecule has 2 heterocycles. The Morgan fingerprint density at radius 3 is 3.00 bits per heavy atom. The Bertz CT molecular complexity index is 688. The molecular formula is C14H13ClFN3S. The topological polar surface area (TPSA) is 43.3 Å². The lowest BCUT2D eigenvalue weighted by atomic mass is 10.0. The second kappa shape index (κ2) is 5.52. The summed E-state index contributed by atoms with van der Waals surface area (Å²) in [5, 5.41) is 2.40. The SMILES string of the molecule is NC(Cc1cn2ccsc2n1)Cc1c(F)cccc1Cl. The summed E-state index contributed by atoms with van der Waals surface area (Å²) in [6, 6.07) is 4.46. The fourth-order valence-corrected chi connectivity index (χ4v) is 3.16. The zero-order chi connectivity index (χ0) is 14.1. The zero-order valence-corrected chi connectivity index (χ0v) is 12.2. The number of benzene rings is 1. The van der Waals surface area contributed by atoms with E-state index in [1.165, 1.54) is 6.07 Å². The minimum absolute atomic E-state index is 0.214. The van der Waals surface area contributed by atoms with Crippen molar-refractivity contribution in [3.63, 3.8) is 0 Å². The Balaban J connectivity index is 1.73. The van der Waals surface area contributed by atoms with Crippen LogP contribution in [0.2, 0.25) is 5.02 Å². The largest absolute Gasteiger partial charge is 0.327 e. The van der Waals surface area contributed by atoms with Crippen LogP contribution < -0.4 is 5.73 Å². The first-order valence-electron chi connectivity index (χ1n) is 6.23. The van der Waals surface area contributed by atoms with Crippen molar-refractivity contribution in [2.45, 2.75) is 18.9 Å². The maximum atomic E-state index is 13.7. The Morgan fingerprint density at radius 2 is 2.25 bits per heavy atom. The van der Waals surface area contributed by atoms with Crippen LogP contribution in [0.25, 0.3) is 4.96 Å². The van der Waals surface area contributed by atoms with Crippen LogP contribution in [0.3, 0.4) is 0 Å². The summed E-state index contributed by atoms with van der Waals surface area (Å²) in [6.07, 6.45) is 4.90. The molecule has 0 bridgehead atoms. The van der Waals surface area contributed by atoms with E-state index in [2.05, 4.69) is 4.98 Å². The van der Waals surface area contributed by atoms with Crippen LogP contribution in [0.15, 0.2) is 36.0 Å². The molecule has 0 radical (unpaired) electrons. The second-order valence-corrected chi connectivity index (χ2v) is 5.97. The van der Waals surface area contributed by atoms with E-state index in [0.717, 1.165) is 10.7 Å². The number of rotatable bonds is 4. The van der Waals surface area contributed by atoms with Gasteiger partial charge in [0.1, 0.15) is 5.82 Å². The fourth-order valence-electron chi connectivity index (χ4n) is 2.20. The highest BCUT2D eigenvalue weighted by molar-refractivity contribution is 7.15. The number of hydrogen-bond donors (Lipinski definition) is 1. The van der Waals surface area contributed by atoms with Crippen molar-refractivity contribution in [2.75, 3.05) is 0 Å². The Labute approximate surface area is 124 Å². The van der Waals surface area contributed by atoms with Crippen molar-refractivity contribution in [3.05, 3.63) is 58.1 Å². The van der Waals surface area contributed by atoms with Gasteiger partial charge >= 0.3 is 0 Å². The second-order valence-electron chi connectivity index (χ2n) is 4.69. The van der Waals surface area contributed by atoms with Crippen LogP contribution in [-0.4, -0.2) is 15.4 Å². The molecule has 3 nitrogen and oxygen atoms in total. The van der Waals surface area contributed by atoms with Gasteiger partial charge < -0.3 is 5.73 Å². The van der Waals surface area contributed by atoms with Gasteiger partial charge in [-0.3, -0.25) is 4.40 Å². The Kier molecular flexibility index (Phi) is 3.74. The van der Waals surface area contributed by atoms with E-state index in [9.17, 15) is 4.39 Å². The predicted molar refractivity (Wildman–Crippen MR) is 79.9 cm³/mol. The molecule has 20 heavy (non-hydrogen) atoms. The van der Waals surface area contributed by atoms with Gasteiger partial charge in [0, 0.05) is 40.8 Å². The number of thiazole rings is 1. The van der Waals surface area contributed by atoms with Gasteiger partial charge in [0.2, 0.25) is 0 Å². The normalized spacial score (nSPS) is 12.9. The van der Waals surface area contributed by atoms with Crippen molar-refractivity contribution in [2.24, 2.45) is 5.73 Å². The van der Waals surface area contributed by atoms with Crippen molar-refractivity contribution >= 4 is 27.9 Å². The summed E-state index contributed by atoms with van der Waals surface area (Å²) in [7, 11) is 0. The van der Waals surface area contributed by atoms with Gasteiger partial charge in [-0.15, -0.1) is 11.3 Å². The molecular weight excluding hydrogens is 297 g/mol. The van der Waals surface area contributed by atoms with Gasteiger partial charge in [-0.2, -0.15) is 0 Å². The van der Waals surface area contributed by atoms with E-state index in [1.807, 2.05) is 22.2 Å². The molecule has 0 amide bonds. The molecule has 1 atom stereocenters. The quantitative estimate of drug-likeness (QED) is 0.803. The van der Waals surface area contributed by atoms with Gasteiger partial charge in [-0.25, -0.2) is 9.37 Å². The molecule has 3 rings (SSSR count). The minimum Gasteiger partial charge on any atom is -0.327 e. The van der Waals surface area contributed by atoms with Crippen LogP contribution in [-0.2, 0) is 12.8 Å². The highest BCUT2D eigenvalue weighted by Gasteiger charge is 2.14. The van der Waals surface area contributed by atoms with E-state index < -0.39 is 0 Å². The van der Waals surface area contributed by atoms with Crippen molar-refractivity contribution in [1.29, 1.82) is 0 Å². The highest BCUT2D eigenvalue weighted by atomic mass is 35.5. The third-order valence-corrected chi connectivity index (χ3v) is 4.27. The van der Waals surface area contributed by atoms with Crippen LogP contribution in [0.5, 0.6) is 0 Å².